The summed E-state index contributed by atoms with van der Waals surface area (Å²) in [6, 6.07) is 0.176. The molecule has 0 aliphatic heterocycles. The normalized spacial score (nSPS) is 46.2. The van der Waals surface area contributed by atoms with Crippen LogP contribution in [0.3, 0.4) is 0 Å². The average molecular weight is 167 g/mol. The molecule has 0 spiro atoms. The Morgan fingerprint density at radius 1 is 1.17 bits per heavy atom. The Morgan fingerprint density at radius 3 is 2.00 bits per heavy atom. The second kappa shape index (κ2) is 2.84. The standard InChI is InChI=1S/C10H17NO/c1-6(12)9-7-2-4-8(5-3-7)10(9)11/h7-10H,2-5,11H2,1H3/t7?,8?,9-,10-/m0/s1. The maximum atomic E-state index is 11.3. The zero-order valence-electron chi connectivity index (χ0n) is 7.62. The Labute approximate surface area is 73.5 Å². The van der Waals surface area contributed by atoms with Crippen molar-refractivity contribution < 1.29 is 4.79 Å². The van der Waals surface area contributed by atoms with Gasteiger partial charge in [-0.15, -0.1) is 0 Å². The summed E-state index contributed by atoms with van der Waals surface area (Å²) < 4.78 is 0. The molecule has 0 aromatic carbocycles. The van der Waals surface area contributed by atoms with Crippen molar-refractivity contribution in [3.63, 3.8) is 0 Å². The molecule has 68 valence electrons. The van der Waals surface area contributed by atoms with Crippen molar-refractivity contribution in [2.24, 2.45) is 23.5 Å². The van der Waals surface area contributed by atoms with Crippen molar-refractivity contribution in [2.45, 2.75) is 38.6 Å². The molecule has 0 aromatic heterocycles. The van der Waals surface area contributed by atoms with E-state index in [1.54, 1.807) is 6.92 Å². The molecule has 3 fully saturated rings. The largest absolute Gasteiger partial charge is 0.327 e. The molecule has 3 aliphatic carbocycles. The molecule has 0 saturated heterocycles. The highest BCUT2D eigenvalue weighted by Gasteiger charge is 2.43. The first-order chi connectivity index (χ1) is 5.70. The van der Waals surface area contributed by atoms with Crippen LogP contribution in [0, 0.1) is 17.8 Å². The SMILES string of the molecule is CC(=O)[C@H]1C2CCC(CC2)[C@@H]1N. The van der Waals surface area contributed by atoms with Crippen molar-refractivity contribution in [3.8, 4) is 0 Å². The summed E-state index contributed by atoms with van der Waals surface area (Å²) in [5.74, 6) is 1.76. The Hall–Kier alpha value is -0.370. The Morgan fingerprint density at radius 2 is 1.67 bits per heavy atom. The van der Waals surface area contributed by atoms with Gasteiger partial charge in [0.2, 0.25) is 0 Å². The molecule has 0 radical (unpaired) electrons. The van der Waals surface area contributed by atoms with Crippen LogP contribution in [-0.2, 0) is 4.79 Å². The van der Waals surface area contributed by atoms with E-state index in [1.807, 2.05) is 0 Å². The second-order valence-corrected chi connectivity index (χ2v) is 4.39. The van der Waals surface area contributed by atoms with Crippen LogP contribution in [0.1, 0.15) is 32.6 Å². The van der Waals surface area contributed by atoms with Gasteiger partial charge in [0.05, 0.1) is 0 Å². The van der Waals surface area contributed by atoms with Crippen LogP contribution >= 0.6 is 0 Å². The fourth-order valence-electron chi connectivity index (χ4n) is 3.10. The smallest absolute Gasteiger partial charge is 0.134 e. The minimum absolute atomic E-state index is 0.176. The fourth-order valence-corrected chi connectivity index (χ4v) is 3.10. The molecule has 3 rings (SSSR count). The molecule has 0 aromatic rings. The van der Waals surface area contributed by atoms with E-state index >= 15 is 0 Å². The summed E-state index contributed by atoms with van der Waals surface area (Å²) in [7, 11) is 0. The van der Waals surface area contributed by atoms with Crippen molar-refractivity contribution >= 4 is 5.78 Å². The lowest BCUT2D eigenvalue weighted by atomic mass is 9.61. The number of nitrogens with two attached hydrogens (primary N) is 1. The number of hydrogen-bond acceptors (Lipinski definition) is 2. The number of hydrogen-bond donors (Lipinski definition) is 1. The maximum absolute atomic E-state index is 11.3. The van der Waals surface area contributed by atoms with E-state index in [-0.39, 0.29) is 12.0 Å². The predicted octanol–water partition coefficient (Wildman–Crippen LogP) is 1.34. The van der Waals surface area contributed by atoms with Crippen molar-refractivity contribution in [3.05, 3.63) is 0 Å². The number of fused-ring (bicyclic) bond motifs is 3. The third-order valence-corrected chi connectivity index (χ3v) is 3.75. The van der Waals surface area contributed by atoms with Crippen LogP contribution < -0.4 is 5.73 Å². The van der Waals surface area contributed by atoms with E-state index in [0.29, 0.717) is 17.6 Å². The highest BCUT2D eigenvalue weighted by Crippen LogP contribution is 2.44. The summed E-state index contributed by atoms with van der Waals surface area (Å²) in [6.45, 7) is 1.70. The molecule has 2 N–H and O–H groups in total. The van der Waals surface area contributed by atoms with Crippen LogP contribution in [0.2, 0.25) is 0 Å². The summed E-state index contributed by atoms with van der Waals surface area (Å²) in [4.78, 5) is 11.3. The predicted molar refractivity (Wildman–Crippen MR) is 47.6 cm³/mol. The van der Waals surface area contributed by atoms with Gasteiger partial charge in [0.1, 0.15) is 5.78 Å². The Kier molecular flexibility index (Phi) is 1.95. The summed E-state index contributed by atoms with van der Waals surface area (Å²) in [5.41, 5.74) is 6.04. The molecule has 12 heavy (non-hydrogen) atoms. The molecule has 3 saturated carbocycles. The number of rotatable bonds is 1. The van der Waals surface area contributed by atoms with Gasteiger partial charge in [-0.3, -0.25) is 4.79 Å². The monoisotopic (exact) mass is 167 g/mol. The van der Waals surface area contributed by atoms with Crippen LogP contribution in [0.5, 0.6) is 0 Å². The van der Waals surface area contributed by atoms with E-state index in [9.17, 15) is 4.79 Å². The summed E-state index contributed by atoms with van der Waals surface area (Å²) in [6.07, 6.45) is 5.00. The van der Waals surface area contributed by atoms with E-state index in [1.165, 1.54) is 25.7 Å². The van der Waals surface area contributed by atoms with Gasteiger partial charge < -0.3 is 5.73 Å². The van der Waals surface area contributed by atoms with Gasteiger partial charge in [0, 0.05) is 12.0 Å². The molecular formula is C10H17NO. The van der Waals surface area contributed by atoms with E-state index < -0.39 is 0 Å². The van der Waals surface area contributed by atoms with E-state index in [0.717, 1.165) is 0 Å². The molecule has 0 unspecified atom stereocenters. The van der Waals surface area contributed by atoms with Gasteiger partial charge in [-0.1, -0.05) is 0 Å². The van der Waals surface area contributed by atoms with Gasteiger partial charge in [-0.25, -0.2) is 0 Å². The average Bonchev–Trinajstić information content (AvgIpc) is 2.05. The molecule has 2 atom stereocenters. The van der Waals surface area contributed by atoms with Crippen molar-refractivity contribution in [2.75, 3.05) is 0 Å². The third kappa shape index (κ3) is 1.09. The summed E-state index contributed by atoms with van der Waals surface area (Å²) in [5, 5.41) is 0. The first kappa shape index (κ1) is 8.24. The minimum atomic E-state index is 0.176. The number of Topliss-reactive ketones (excluding diaryl/α,β-unsaturated/α-hetero) is 1. The van der Waals surface area contributed by atoms with Gasteiger partial charge in [0.25, 0.3) is 0 Å². The summed E-state index contributed by atoms with van der Waals surface area (Å²) >= 11 is 0. The number of carbonyl (C=O) groups excluding carboxylic acids is 1. The zero-order chi connectivity index (χ0) is 8.72. The lowest BCUT2D eigenvalue weighted by Gasteiger charge is -2.46. The number of carbonyl (C=O) groups is 1. The first-order valence-corrected chi connectivity index (χ1v) is 4.96. The van der Waals surface area contributed by atoms with E-state index in [4.69, 9.17) is 5.73 Å². The maximum Gasteiger partial charge on any atom is 0.134 e. The quantitative estimate of drug-likeness (QED) is 0.640. The highest BCUT2D eigenvalue weighted by atomic mass is 16.1. The minimum Gasteiger partial charge on any atom is -0.327 e. The molecule has 2 bridgehead atoms. The van der Waals surface area contributed by atoms with E-state index in [2.05, 4.69) is 0 Å². The highest BCUT2D eigenvalue weighted by molar-refractivity contribution is 5.79. The topological polar surface area (TPSA) is 43.1 Å². The van der Waals surface area contributed by atoms with Gasteiger partial charge in [-0.05, 0) is 44.4 Å². The van der Waals surface area contributed by atoms with Crippen molar-refractivity contribution in [1.29, 1.82) is 0 Å². The second-order valence-electron chi connectivity index (χ2n) is 4.39. The van der Waals surface area contributed by atoms with Gasteiger partial charge >= 0.3 is 0 Å². The van der Waals surface area contributed by atoms with Crippen LogP contribution in [0.15, 0.2) is 0 Å². The molecule has 2 heteroatoms. The fraction of sp³-hybridized carbons (Fsp3) is 0.900. The van der Waals surface area contributed by atoms with Gasteiger partial charge in [-0.2, -0.15) is 0 Å². The zero-order valence-corrected chi connectivity index (χ0v) is 7.62. The van der Waals surface area contributed by atoms with Crippen molar-refractivity contribution in [1.82, 2.24) is 0 Å². The third-order valence-electron chi connectivity index (χ3n) is 3.75. The molecule has 3 aliphatic rings. The first-order valence-electron chi connectivity index (χ1n) is 4.96. The molecule has 2 nitrogen and oxygen atoms in total. The van der Waals surface area contributed by atoms with Gasteiger partial charge in [0.15, 0.2) is 0 Å². The Bertz CT molecular complexity index is 192. The lowest BCUT2D eigenvalue weighted by Crippen LogP contribution is -2.51. The van der Waals surface area contributed by atoms with Crippen LogP contribution in [0.25, 0.3) is 0 Å². The molecule has 0 amide bonds. The van der Waals surface area contributed by atoms with Crippen LogP contribution in [0.4, 0.5) is 0 Å². The lowest BCUT2D eigenvalue weighted by molar-refractivity contribution is -0.126. The molecular weight excluding hydrogens is 150 g/mol. The number of ketones is 1. The Balaban J connectivity index is 2.18. The molecule has 0 heterocycles. The van der Waals surface area contributed by atoms with Crippen LogP contribution in [-0.4, -0.2) is 11.8 Å².